The van der Waals surface area contributed by atoms with E-state index in [1.54, 1.807) is 9.13 Å². The van der Waals surface area contributed by atoms with Gasteiger partial charge in [-0.25, -0.2) is 4.79 Å². The summed E-state index contributed by atoms with van der Waals surface area (Å²) in [5, 5.41) is 3.00. The molecule has 25 heavy (non-hydrogen) atoms. The van der Waals surface area contributed by atoms with E-state index in [9.17, 15) is 9.59 Å². The third-order valence-corrected chi connectivity index (χ3v) is 4.58. The van der Waals surface area contributed by atoms with Crippen LogP contribution in [0.1, 0.15) is 31.0 Å². The zero-order valence-electron chi connectivity index (χ0n) is 14.8. The van der Waals surface area contributed by atoms with Crippen molar-refractivity contribution >= 4 is 16.9 Å². The fraction of sp³-hybridized carbons (Fsp3) is 0.300. The van der Waals surface area contributed by atoms with Crippen LogP contribution in [-0.2, 0) is 17.9 Å². The summed E-state index contributed by atoms with van der Waals surface area (Å²) in [5.74, 6) is -0.170. The standard InChI is InChI=1S/C20H23N3O2/c1-4-22-17-11-7-8-12-18(17)23(20(22)25)13-19(24)21-15(3)16-10-6-5-9-14(16)2/h5-12,15H,4,13H2,1-3H3,(H,21,24). The summed E-state index contributed by atoms with van der Waals surface area (Å²) in [7, 11) is 0. The zero-order valence-corrected chi connectivity index (χ0v) is 14.8. The molecule has 1 N–H and O–H groups in total. The normalized spacial score (nSPS) is 12.3. The van der Waals surface area contributed by atoms with Gasteiger partial charge in [-0.2, -0.15) is 0 Å². The minimum atomic E-state index is -0.170. The first-order chi connectivity index (χ1) is 12.0. The second kappa shape index (κ2) is 6.97. The van der Waals surface area contributed by atoms with E-state index in [4.69, 9.17) is 0 Å². The van der Waals surface area contributed by atoms with Crippen molar-refractivity contribution in [3.8, 4) is 0 Å². The highest BCUT2D eigenvalue weighted by atomic mass is 16.2. The molecule has 1 unspecified atom stereocenters. The minimum Gasteiger partial charge on any atom is -0.348 e. The number of imidazole rings is 1. The molecule has 5 nitrogen and oxygen atoms in total. The number of fused-ring (bicyclic) bond motifs is 1. The molecule has 0 saturated carbocycles. The van der Waals surface area contributed by atoms with E-state index >= 15 is 0 Å². The number of hydrogen-bond donors (Lipinski definition) is 1. The molecule has 0 fully saturated rings. The molecule has 1 atom stereocenters. The molecule has 0 aliphatic heterocycles. The van der Waals surface area contributed by atoms with Crippen LogP contribution in [0.5, 0.6) is 0 Å². The third kappa shape index (κ3) is 3.22. The molecular weight excluding hydrogens is 314 g/mol. The van der Waals surface area contributed by atoms with E-state index in [0.717, 1.165) is 22.2 Å². The van der Waals surface area contributed by atoms with Crippen molar-refractivity contribution in [1.29, 1.82) is 0 Å². The minimum absolute atomic E-state index is 0.0164. The number of benzene rings is 2. The van der Waals surface area contributed by atoms with Gasteiger partial charge in [-0.15, -0.1) is 0 Å². The maximum Gasteiger partial charge on any atom is 0.329 e. The average Bonchev–Trinajstić information content (AvgIpc) is 2.86. The lowest BCUT2D eigenvalue weighted by Crippen LogP contribution is -2.34. The molecule has 0 aliphatic carbocycles. The summed E-state index contributed by atoms with van der Waals surface area (Å²) in [5.41, 5.74) is 3.71. The molecule has 0 bridgehead atoms. The van der Waals surface area contributed by atoms with E-state index < -0.39 is 0 Å². The van der Waals surface area contributed by atoms with Gasteiger partial charge in [0, 0.05) is 6.54 Å². The molecule has 2 aromatic carbocycles. The van der Waals surface area contributed by atoms with Crippen molar-refractivity contribution in [2.45, 2.75) is 39.9 Å². The number of nitrogens with one attached hydrogen (secondary N) is 1. The van der Waals surface area contributed by atoms with Gasteiger partial charge in [0.25, 0.3) is 0 Å². The summed E-state index contributed by atoms with van der Waals surface area (Å²) in [6.07, 6.45) is 0. The van der Waals surface area contributed by atoms with Crippen molar-refractivity contribution in [2.75, 3.05) is 0 Å². The van der Waals surface area contributed by atoms with Crippen LogP contribution in [0.25, 0.3) is 11.0 Å². The van der Waals surface area contributed by atoms with Crippen LogP contribution in [0.15, 0.2) is 53.3 Å². The largest absolute Gasteiger partial charge is 0.348 e. The Morgan fingerprint density at radius 2 is 1.64 bits per heavy atom. The third-order valence-electron chi connectivity index (χ3n) is 4.58. The van der Waals surface area contributed by atoms with Crippen LogP contribution >= 0.6 is 0 Å². The fourth-order valence-corrected chi connectivity index (χ4v) is 3.31. The maximum absolute atomic E-state index is 12.6. The quantitative estimate of drug-likeness (QED) is 0.778. The van der Waals surface area contributed by atoms with E-state index in [1.165, 1.54) is 0 Å². The summed E-state index contributed by atoms with van der Waals surface area (Å²) in [6, 6.07) is 15.4. The van der Waals surface area contributed by atoms with Crippen LogP contribution in [-0.4, -0.2) is 15.0 Å². The summed E-state index contributed by atoms with van der Waals surface area (Å²) in [6.45, 7) is 6.50. The molecule has 3 aromatic rings. The van der Waals surface area contributed by atoms with Gasteiger partial charge in [-0.05, 0) is 44.0 Å². The second-order valence-electron chi connectivity index (χ2n) is 6.25. The first-order valence-electron chi connectivity index (χ1n) is 8.56. The molecule has 0 saturated heterocycles. The number of aryl methyl sites for hydroxylation is 2. The Labute approximate surface area is 146 Å². The number of carbonyl (C=O) groups is 1. The molecule has 0 spiro atoms. The number of nitrogens with zero attached hydrogens (tertiary/aromatic N) is 2. The number of para-hydroxylation sites is 2. The Kier molecular flexibility index (Phi) is 4.74. The van der Waals surface area contributed by atoms with Crippen LogP contribution in [0, 0.1) is 6.92 Å². The SMILES string of the molecule is CCn1c(=O)n(CC(=O)NC(C)c2ccccc2C)c2ccccc21. The summed E-state index contributed by atoms with van der Waals surface area (Å²) >= 11 is 0. The van der Waals surface area contributed by atoms with Crippen LogP contribution in [0.4, 0.5) is 0 Å². The van der Waals surface area contributed by atoms with Crippen molar-refractivity contribution in [3.63, 3.8) is 0 Å². The lowest BCUT2D eigenvalue weighted by Gasteiger charge is -2.16. The monoisotopic (exact) mass is 337 g/mol. The van der Waals surface area contributed by atoms with Gasteiger partial charge >= 0.3 is 5.69 Å². The van der Waals surface area contributed by atoms with Gasteiger partial charge in [-0.1, -0.05) is 36.4 Å². The second-order valence-corrected chi connectivity index (χ2v) is 6.25. The van der Waals surface area contributed by atoms with Gasteiger partial charge in [0.1, 0.15) is 6.54 Å². The number of amides is 1. The number of aromatic nitrogens is 2. The smallest absolute Gasteiger partial charge is 0.329 e. The van der Waals surface area contributed by atoms with Gasteiger partial charge in [0.05, 0.1) is 17.1 Å². The van der Waals surface area contributed by atoms with Gasteiger partial charge in [-0.3, -0.25) is 13.9 Å². The molecule has 1 aromatic heterocycles. The van der Waals surface area contributed by atoms with E-state index in [0.29, 0.717) is 6.54 Å². The number of rotatable bonds is 5. The molecule has 0 radical (unpaired) electrons. The average molecular weight is 337 g/mol. The topological polar surface area (TPSA) is 56.0 Å². The zero-order chi connectivity index (χ0) is 18.0. The van der Waals surface area contributed by atoms with E-state index in [-0.39, 0.29) is 24.2 Å². The Morgan fingerprint density at radius 3 is 2.28 bits per heavy atom. The van der Waals surface area contributed by atoms with Crippen molar-refractivity contribution in [3.05, 3.63) is 70.1 Å². The Morgan fingerprint density at radius 1 is 1.04 bits per heavy atom. The van der Waals surface area contributed by atoms with E-state index in [1.807, 2.05) is 69.3 Å². The molecule has 0 aliphatic rings. The summed E-state index contributed by atoms with van der Waals surface area (Å²) < 4.78 is 3.23. The van der Waals surface area contributed by atoms with Gasteiger partial charge in [0.15, 0.2) is 0 Å². The molecule has 1 heterocycles. The predicted molar refractivity (Wildman–Crippen MR) is 99.6 cm³/mol. The first-order valence-corrected chi connectivity index (χ1v) is 8.56. The molecule has 3 rings (SSSR count). The Hall–Kier alpha value is -2.82. The van der Waals surface area contributed by atoms with Gasteiger partial charge in [0.2, 0.25) is 5.91 Å². The predicted octanol–water partition coefficient (Wildman–Crippen LogP) is 3.01. The maximum atomic E-state index is 12.6. The molecule has 5 heteroatoms. The van der Waals surface area contributed by atoms with E-state index in [2.05, 4.69) is 5.32 Å². The Bertz CT molecular complexity index is 968. The van der Waals surface area contributed by atoms with Crippen LogP contribution in [0.3, 0.4) is 0 Å². The molecular formula is C20H23N3O2. The lowest BCUT2D eigenvalue weighted by atomic mass is 10.0. The first kappa shape index (κ1) is 17.0. The van der Waals surface area contributed by atoms with Crippen molar-refractivity contribution in [1.82, 2.24) is 14.5 Å². The molecule has 130 valence electrons. The number of hydrogen-bond acceptors (Lipinski definition) is 2. The highest BCUT2D eigenvalue weighted by molar-refractivity contribution is 5.81. The highest BCUT2D eigenvalue weighted by Gasteiger charge is 2.16. The van der Waals surface area contributed by atoms with Crippen molar-refractivity contribution < 1.29 is 4.79 Å². The van der Waals surface area contributed by atoms with Crippen molar-refractivity contribution in [2.24, 2.45) is 0 Å². The van der Waals surface area contributed by atoms with Crippen LogP contribution < -0.4 is 11.0 Å². The van der Waals surface area contributed by atoms with Gasteiger partial charge < -0.3 is 5.32 Å². The number of carbonyl (C=O) groups excluding carboxylic acids is 1. The van der Waals surface area contributed by atoms with Crippen LogP contribution in [0.2, 0.25) is 0 Å². The molecule has 1 amide bonds. The fourth-order valence-electron chi connectivity index (χ4n) is 3.31. The highest BCUT2D eigenvalue weighted by Crippen LogP contribution is 2.17. The lowest BCUT2D eigenvalue weighted by molar-refractivity contribution is -0.122. The summed E-state index contributed by atoms with van der Waals surface area (Å²) in [4.78, 5) is 25.1. The Balaban J connectivity index is 1.85.